The van der Waals surface area contributed by atoms with Gasteiger partial charge < -0.3 is 5.32 Å². The molecular weight excluding hydrogens is 264 g/mol. The summed E-state index contributed by atoms with van der Waals surface area (Å²) >= 11 is 0. The van der Waals surface area contributed by atoms with Gasteiger partial charge in [0.15, 0.2) is 5.03 Å². The van der Waals surface area contributed by atoms with Gasteiger partial charge in [0.1, 0.15) is 0 Å². The number of aromatic nitrogens is 2. The minimum atomic E-state index is -3.37. The minimum Gasteiger partial charge on any atom is -0.316 e. The molecule has 1 aromatic rings. The molecule has 2 N–H and O–H groups in total. The summed E-state index contributed by atoms with van der Waals surface area (Å²) in [4.78, 5) is 0. The molecule has 1 saturated heterocycles. The summed E-state index contributed by atoms with van der Waals surface area (Å²) < 4.78 is 26.1. The van der Waals surface area contributed by atoms with Crippen LogP contribution in [-0.2, 0) is 10.0 Å². The summed E-state index contributed by atoms with van der Waals surface area (Å²) in [7, 11) is -3.37. The molecule has 2 heterocycles. The largest absolute Gasteiger partial charge is 0.316 e. The molecule has 0 aromatic carbocycles. The second-order valence-corrected chi connectivity index (χ2v) is 6.88. The molecule has 1 fully saturated rings. The van der Waals surface area contributed by atoms with Gasteiger partial charge in [0.25, 0.3) is 10.0 Å². The standard InChI is InChI=1S/C12H22N4O2S/c1-2-6-13-10-11-4-8-16(9-5-11)19(17,18)12-3-7-14-15-12/h3,7,11,13H,2,4-6,8-10H2,1H3,(H,14,15). The molecule has 108 valence electrons. The zero-order chi connectivity index (χ0) is 13.7. The average molecular weight is 286 g/mol. The Morgan fingerprint density at radius 1 is 1.47 bits per heavy atom. The lowest BCUT2D eigenvalue weighted by Crippen LogP contribution is -2.40. The molecule has 1 aliphatic rings. The summed E-state index contributed by atoms with van der Waals surface area (Å²) in [6.07, 6.45) is 4.44. The minimum absolute atomic E-state index is 0.190. The smallest absolute Gasteiger partial charge is 0.259 e. The van der Waals surface area contributed by atoms with Crippen LogP contribution in [0.2, 0.25) is 0 Å². The zero-order valence-corrected chi connectivity index (χ0v) is 12.1. The van der Waals surface area contributed by atoms with Crippen molar-refractivity contribution in [2.75, 3.05) is 26.2 Å². The number of rotatable bonds is 6. The molecule has 0 saturated carbocycles. The van der Waals surface area contributed by atoms with Crippen LogP contribution in [-0.4, -0.2) is 49.1 Å². The molecule has 0 radical (unpaired) electrons. The van der Waals surface area contributed by atoms with Crippen molar-refractivity contribution < 1.29 is 8.42 Å². The van der Waals surface area contributed by atoms with Gasteiger partial charge in [-0.2, -0.15) is 9.40 Å². The van der Waals surface area contributed by atoms with Crippen molar-refractivity contribution in [3.05, 3.63) is 12.3 Å². The summed E-state index contributed by atoms with van der Waals surface area (Å²) in [6.45, 7) is 5.37. The molecule has 6 nitrogen and oxygen atoms in total. The molecule has 0 amide bonds. The number of nitrogens with zero attached hydrogens (tertiary/aromatic N) is 2. The van der Waals surface area contributed by atoms with Crippen LogP contribution >= 0.6 is 0 Å². The first kappa shape index (κ1) is 14.5. The third-order valence-electron chi connectivity index (χ3n) is 3.53. The fourth-order valence-corrected chi connectivity index (χ4v) is 3.73. The number of H-pyrrole nitrogens is 1. The fraction of sp³-hybridized carbons (Fsp3) is 0.750. The van der Waals surface area contributed by atoms with Crippen LogP contribution in [0.5, 0.6) is 0 Å². The van der Waals surface area contributed by atoms with Crippen molar-refractivity contribution in [2.45, 2.75) is 31.2 Å². The van der Waals surface area contributed by atoms with E-state index >= 15 is 0 Å². The van der Waals surface area contributed by atoms with E-state index in [1.165, 1.54) is 12.3 Å². The number of aromatic amines is 1. The maximum atomic E-state index is 12.3. The first-order chi connectivity index (χ1) is 9.14. The van der Waals surface area contributed by atoms with Gasteiger partial charge in [-0.05, 0) is 44.3 Å². The molecule has 0 unspecified atom stereocenters. The van der Waals surface area contributed by atoms with Gasteiger partial charge in [-0.15, -0.1) is 0 Å². The Morgan fingerprint density at radius 3 is 2.79 bits per heavy atom. The van der Waals surface area contributed by atoms with Gasteiger partial charge in [-0.25, -0.2) is 8.42 Å². The Hall–Kier alpha value is -0.920. The Morgan fingerprint density at radius 2 is 2.21 bits per heavy atom. The molecule has 0 atom stereocenters. The summed E-state index contributed by atoms with van der Waals surface area (Å²) in [5, 5.41) is 9.83. The Labute approximate surface area is 114 Å². The highest BCUT2D eigenvalue weighted by molar-refractivity contribution is 7.89. The molecule has 1 aliphatic heterocycles. The van der Waals surface area contributed by atoms with E-state index < -0.39 is 10.0 Å². The highest BCUT2D eigenvalue weighted by atomic mass is 32.2. The van der Waals surface area contributed by atoms with E-state index in [4.69, 9.17) is 0 Å². The number of sulfonamides is 1. The first-order valence-corrected chi connectivity index (χ1v) is 8.29. The van der Waals surface area contributed by atoms with Crippen molar-refractivity contribution >= 4 is 10.0 Å². The van der Waals surface area contributed by atoms with Gasteiger partial charge in [-0.1, -0.05) is 6.92 Å². The Balaban J connectivity index is 1.86. The monoisotopic (exact) mass is 286 g/mol. The van der Waals surface area contributed by atoms with Gasteiger partial charge in [0.2, 0.25) is 0 Å². The third-order valence-corrected chi connectivity index (χ3v) is 5.35. The topological polar surface area (TPSA) is 78.1 Å². The molecule has 2 rings (SSSR count). The highest BCUT2D eigenvalue weighted by Crippen LogP contribution is 2.22. The lowest BCUT2D eigenvalue weighted by atomic mass is 9.98. The summed E-state index contributed by atoms with van der Waals surface area (Å²) in [5.74, 6) is 0.583. The molecule has 1 aromatic heterocycles. The van der Waals surface area contributed by atoms with Crippen molar-refractivity contribution in [2.24, 2.45) is 5.92 Å². The molecule has 7 heteroatoms. The SMILES string of the molecule is CCCNCC1CCN(S(=O)(=O)c2ccn[nH]2)CC1. The predicted octanol–water partition coefficient (Wildman–Crippen LogP) is 0.810. The maximum absolute atomic E-state index is 12.3. The number of hydrogen-bond donors (Lipinski definition) is 2. The van der Waals surface area contributed by atoms with Crippen molar-refractivity contribution in [1.82, 2.24) is 19.8 Å². The highest BCUT2D eigenvalue weighted by Gasteiger charge is 2.29. The Kier molecular flexibility index (Phi) is 4.95. The number of hydrogen-bond acceptors (Lipinski definition) is 4. The fourth-order valence-electron chi connectivity index (χ4n) is 2.36. The zero-order valence-electron chi connectivity index (χ0n) is 11.3. The average Bonchev–Trinajstić information content (AvgIpc) is 2.94. The van der Waals surface area contributed by atoms with Crippen molar-refractivity contribution in [3.8, 4) is 0 Å². The molecular formula is C12H22N4O2S. The van der Waals surface area contributed by atoms with Gasteiger partial charge >= 0.3 is 0 Å². The van der Waals surface area contributed by atoms with E-state index in [1.807, 2.05) is 0 Å². The van der Waals surface area contributed by atoms with E-state index in [9.17, 15) is 8.42 Å². The van der Waals surface area contributed by atoms with Crippen LogP contribution in [0.4, 0.5) is 0 Å². The van der Waals surface area contributed by atoms with Crippen LogP contribution in [0.15, 0.2) is 17.3 Å². The summed E-state index contributed by atoms with van der Waals surface area (Å²) in [6, 6.07) is 1.50. The third kappa shape index (κ3) is 3.55. The van der Waals surface area contributed by atoms with Crippen LogP contribution in [0, 0.1) is 5.92 Å². The van der Waals surface area contributed by atoms with Crippen LogP contribution in [0.1, 0.15) is 26.2 Å². The van der Waals surface area contributed by atoms with Crippen LogP contribution < -0.4 is 5.32 Å². The second-order valence-electron chi connectivity index (χ2n) is 4.97. The first-order valence-electron chi connectivity index (χ1n) is 6.85. The summed E-state index contributed by atoms with van der Waals surface area (Å²) in [5.41, 5.74) is 0. The van der Waals surface area contributed by atoms with Gasteiger partial charge in [-0.3, -0.25) is 5.10 Å². The Bertz CT molecular complexity index is 464. The van der Waals surface area contributed by atoms with Crippen molar-refractivity contribution in [1.29, 1.82) is 0 Å². The predicted molar refractivity (Wildman–Crippen MR) is 73.2 cm³/mol. The normalized spacial score (nSPS) is 18.8. The lowest BCUT2D eigenvalue weighted by Gasteiger charge is -2.30. The van der Waals surface area contributed by atoms with E-state index in [1.54, 1.807) is 4.31 Å². The van der Waals surface area contributed by atoms with Crippen molar-refractivity contribution in [3.63, 3.8) is 0 Å². The van der Waals surface area contributed by atoms with E-state index in [0.717, 1.165) is 32.4 Å². The lowest BCUT2D eigenvalue weighted by molar-refractivity contribution is 0.267. The van der Waals surface area contributed by atoms with E-state index in [0.29, 0.717) is 19.0 Å². The van der Waals surface area contributed by atoms with Gasteiger partial charge in [0.05, 0.1) is 6.20 Å². The maximum Gasteiger partial charge on any atom is 0.259 e. The molecule has 0 spiro atoms. The molecule has 0 bridgehead atoms. The number of nitrogens with one attached hydrogen (secondary N) is 2. The van der Waals surface area contributed by atoms with Gasteiger partial charge in [0, 0.05) is 13.1 Å². The quantitative estimate of drug-likeness (QED) is 0.759. The van der Waals surface area contributed by atoms with Crippen LogP contribution in [0.25, 0.3) is 0 Å². The van der Waals surface area contributed by atoms with E-state index in [2.05, 4.69) is 22.4 Å². The van der Waals surface area contributed by atoms with E-state index in [-0.39, 0.29) is 5.03 Å². The van der Waals surface area contributed by atoms with Crippen LogP contribution in [0.3, 0.4) is 0 Å². The number of piperidine rings is 1. The molecule has 0 aliphatic carbocycles. The molecule has 19 heavy (non-hydrogen) atoms. The second kappa shape index (κ2) is 6.49.